The first kappa shape index (κ1) is 28.1. The fourth-order valence-corrected chi connectivity index (χ4v) is 5.09. The number of aryl methyl sites for hydroxylation is 1. The van der Waals surface area contributed by atoms with Gasteiger partial charge in [-0.2, -0.15) is 0 Å². The molecule has 0 fully saturated rings. The number of hydrogen-bond acceptors (Lipinski definition) is 6. The molecule has 0 radical (unpaired) electrons. The highest BCUT2D eigenvalue weighted by atomic mass is 35.5. The van der Waals surface area contributed by atoms with Crippen molar-refractivity contribution in [2.24, 2.45) is 0 Å². The van der Waals surface area contributed by atoms with Crippen molar-refractivity contribution in [3.63, 3.8) is 0 Å². The third kappa shape index (κ3) is 6.84. The van der Waals surface area contributed by atoms with Gasteiger partial charge in [-0.1, -0.05) is 29.8 Å². The van der Waals surface area contributed by atoms with Crippen molar-refractivity contribution in [1.29, 1.82) is 0 Å². The van der Waals surface area contributed by atoms with Gasteiger partial charge < -0.3 is 19.5 Å². The first-order valence-corrected chi connectivity index (χ1v) is 13.1. The molecule has 0 aromatic heterocycles. The highest BCUT2D eigenvalue weighted by Gasteiger charge is 2.29. The molecule has 1 atom stereocenters. The summed E-state index contributed by atoms with van der Waals surface area (Å²) in [6.45, 7) is 3.22. The Balaban J connectivity index is 1.85. The molecule has 1 amide bonds. The predicted octanol–water partition coefficient (Wildman–Crippen LogP) is 4.58. The summed E-state index contributed by atoms with van der Waals surface area (Å²) in [5.74, 6) is -0.113. The molecule has 198 valence electrons. The van der Waals surface area contributed by atoms with Gasteiger partial charge in [0.05, 0.1) is 35.9 Å². The van der Waals surface area contributed by atoms with Crippen molar-refractivity contribution in [3.8, 4) is 17.2 Å². The Morgan fingerprint density at radius 1 is 1.03 bits per heavy atom. The zero-order chi connectivity index (χ0) is 27.2. The summed E-state index contributed by atoms with van der Waals surface area (Å²) < 4.78 is 58.2. The number of anilines is 1. The maximum absolute atomic E-state index is 13.8. The molecule has 0 saturated carbocycles. The van der Waals surface area contributed by atoms with Crippen molar-refractivity contribution in [2.45, 2.75) is 24.8 Å². The standard InChI is InChI=1S/C26H28ClFN2O6S/c1-17-7-5-6-8-23(17)36-16-18(2)29-26(31)15-30(19-9-11-22(28)21(27)13-19)37(32,33)20-10-12-24(34-3)25(14-20)35-4/h5-14,18H,15-16H2,1-4H3,(H,29,31). The third-order valence-electron chi connectivity index (χ3n) is 5.41. The quantitative estimate of drug-likeness (QED) is 0.375. The zero-order valence-corrected chi connectivity index (χ0v) is 22.4. The molecule has 0 bridgehead atoms. The van der Waals surface area contributed by atoms with E-state index in [0.717, 1.165) is 22.0 Å². The van der Waals surface area contributed by atoms with E-state index in [0.29, 0.717) is 11.5 Å². The topological polar surface area (TPSA) is 94.2 Å². The highest BCUT2D eigenvalue weighted by molar-refractivity contribution is 7.92. The number of carbonyl (C=O) groups is 1. The van der Waals surface area contributed by atoms with E-state index in [1.807, 2.05) is 31.2 Å². The van der Waals surface area contributed by atoms with Gasteiger partial charge in [-0.05, 0) is 55.8 Å². The fourth-order valence-electron chi connectivity index (χ4n) is 3.49. The Labute approximate surface area is 221 Å². The number of para-hydroxylation sites is 1. The minimum Gasteiger partial charge on any atom is -0.493 e. The number of hydrogen-bond donors (Lipinski definition) is 1. The number of amides is 1. The van der Waals surface area contributed by atoms with E-state index in [-0.39, 0.29) is 28.0 Å². The lowest BCUT2D eigenvalue weighted by Crippen LogP contribution is -2.45. The average Bonchev–Trinajstić information content (AvgIpc) is 2.88. The second-order valence-electron chi connectivity index (χ2n) is 8.17. The van der Waals surface area contributed by atoms with Gasteiger partial charge in [-0.25, -0.2) is 12.8 Å². The number of nitrogens with one attached hydrogen (secondary N) is 1. The molecule has 1 unspecified atom stereocenters. The smallest absolute Gasteiger partial charge is 0.264 e. The van der Waals surface area contributed by atoms with E-state index in [9.17, 15) is 17.6 Å². The first-order valence-electron chi connectivity index (χ1n) is 11.2. The van der Waals surface area contributed by atoms with Crippen LogP contribution in [-0.2, 0) is 14.8 Å². The lowest BCUT2D eigenvalue weighted by atomic mass is 10.2. The Kier molecular flexibility index (Phi) is 9.23. The number of rotatable bonds is 11. The first-order chi connectivity index (χ1) is 17.6. The molecule has 1 N–H and O–H groups in total. The Hall–Kier alpha value is -3.50. The molecule has 11 heteroatoms. The highest BCUT2D eigenvalue weighted by Crippen LogP contribution is 2.33. The molecule has 3 aromatic carbocycles. The van der Waals surface area contributed by atoms with Gasteiger partial charge in [-0.15, -0.1) is 0 Å². The van der Waals surface area contributed by atoms with Crippen LogP contribution < -0.4 is 23.8 Å². The van der Waals surface area contributed by atoms with Crippen LogP contribution in [0.25, 0.3) is 0 Å². The molecule has 0 aliphatic rings. The van der Waals surface area contributed by atoms with E-state index < -0.39 is 34.3 Å². The number of carbonyl (C=O) groups excluding carboxylic acids is 1. The van der Waals surface area contributed by atoms with Crippen LogP contribution in [0.3, 0.4) is 0 Å². The molecule has 37 heavy (non-hydrogen) atoms. The van der Waals surface area contributed by atoms with Crippen LogP contribution >= 0.6 is 11.6 Å². The summed E-state index contributed by atoms with van der Waals surface area (Å²) in [5, 5.41) is 2.45. The van der Waals surface area contributed by atoms with Crippen molar-refractivity contribution < 1.29 is 31.8 Å². The lowest BCUT2D eigenvalue weighted by Gasteiger charge is -2.25. The maximum Gasteiger partial charge on any atom is 0.264 e. The van der Waals surface area contributed by atoms with Gasteiger partial charge in [-0.3, -0.25) is 9.10 Å². The summed E-state index contributed by atoms with van der Waals surface area (Å²) in [7, 11) is -1.51. The fraction of sp³-hybridized carbons (Fsp3) is 0.269. The predicted molar refractivity (Wildman–Crippen MR) is 140 cm³/mol. The molecule has 8 nitrogen and oxygen atoms in total. The van der Waals surface area contributed by atoms with Crippen LogP contribution in [0.15, 0.2) is 65.6 Å². The molecule has 0 heterocycles. The van der Waals surface area contributed by atoms with Gasteiger partial charge >= 0.3 is 0 Å². The van der Waals surface area contributed by atoms with Gasteiger partial charge in [0.15, 0.2) is 11.5 Å². The molecular formula is C26H28ClFN2O6S. The van der Waals surface area contributed by atoms with Crippen molar-refractivity contribution >= 4 is 33.2 Å². The number of halogens is 2. The number of ether oxygens (including phenoxy) is 3. The maximum atomic E-state index is 13.8. The number of benzene rings is 3. The Morgan fingerprint density at radius 2 is 1.73 bits per heavy atom. The summed E-state index contributed by atoms with van der Waals surface area (Å²) in [6.07, 6.45) is 0. The molecule has 0 aliphatic heterocycles. The monoisotopic (exact) mass is 550 g/mol. The van der Waals surface area contributed by atoms with E-state index >= 15 is 0 Å². The van der Waals surface area contributed by atoms with Crippen LogP contribution in [-0.4, -0.2) is 47.7 Å². The van der Waals surface area contributed by atoms with Crippen LogP contribution in [0.1, 0.15) is 12.5 Å². The van der Waals surface area contributed by atoms with E-state index in [2.05, 4.69) is 5.32 Å². The number of nitrogens with zero attached hydrogens (tertiary/aromatic N) is 1. The van der Waals surface area contributed by atoms with E-state index in [1.165, 1.54) is 38.5 Å². The number of methoxy groups -OCH3 is 2. The number of sulfonamides is 1. The van der Waals surface area contributed by atoms with Crippen LogP contribution in [0.5, 0.6) is 17.2 Å². The van der Waals surface area contributed by atoms with E-state index in [1.54, 1.807) is 6.92 Å². The van der Waals surface area contributed by atoms with E-state index in [4.69, 9.17) is 25.8 Å². The summed E-state index contributed by atoms with van der Waals surface area (Å²) in [6, 6.07) is 14.5. The molecule has 0 spiro atoms. The minimum atomic E-state index is -4.31. The Morgan fingerprint density at radius 3 is 2.38 bits per heavy atom. The molecule has 3 aromatic rings. The summed E-state index contributed by atoms with van der Waals surface area (Å²) in [5.41, 5.74) is 0.960. The second kappa shape index (κ2) is 12.2. The van der Waals surface area contributed by atoms with Gasteiger partial charge in [0.2, 0.25) is 5.91 Å². The molecule has 0 aliphatic carbocycles. The lowest BCUT2D eigenvalue weighted by molar-refractivity contribution is -0.120. The van der Waals surface area contributed by atoms with Crippen molar-refractivity contribution in [1.82, 2.24) is 5.32 Å². The van der Waals surface area contributed by atoms with Crippen LogP contribution in [0.2, 0.25) is 5.02 Å². The normalized spacial score (nSPS) is 11.9. The summed E-state index contributed by atoms with van der Waals surface area (Å²) in [4.78, 5) is 12.8. The second-order valence-corrected chi connectivity index (χ2v) is 10.4. The summed E-state index contributed by atoms with van der Waals surface area (Å²) >= 11 is 5.92. The molecule has 3 rings (SSSR count). The average molecular weight is 551 g/mol. The van der Waals surface area contributed by atoms with Crippen LogP contribution in [0.4, 0.5) is 10.1 Å². The molecular weight excluding hydrogens is 523 g/mol. The van der Waals surface area contributed by atoms with Gasteiger partial charge in [0, 0.05) is 6.07 Å². The van der Waals surface area contributed by atoms with Crippen molar-refractivity contribution in [3.05, 3.63) is 77.1 Å². The van der Waals surface area contributed by atoms with Gasteiger partial charge in [0.25, 0.3) is 10.0 Å². The third-order valence-corrected chi connectivity index (χ3v) is 7.47. The van der Waals surface area contributed by atoms with Crippen molar-refractivity contribution in [2.75, 3.05) is 31.7 Å². The minimum absolute atomic E-state index is 0.0140. The van der Waals surface area contributed by atoms with Gasteiger partial charge in [0.1, 0.15) is 24.7 Å². The Bertz CT molecular complexity index is 1370. The zero-order valence-electron chi connectivity index (χ0n) is 20.8. The SMILES string of the molecule is COc1ccc(S(=O)(=O)N(CC(=O)NC(C)COc2ccccc2C)c2ccc(F)c(Cl)c2)cc1OC. The van der Waals surface area contributed by atoms with Crippen LogP contribution in [0, 0.1) is 12.7 Å². The molecule has 0 saturated heterocycles. The largest absolute Gasteiger partial charge is 0.493 e.